The highest BCUT2D eigenvalue weighted by atomic mass is 16.3. The predicted molar refractivity (Wildman–Crippen MR) is 153 cm³/mol. The van der Waals surface area contributed by atoms with Gasteiger partial charge in [0, 0.05) is 19.0 Å². The molecule has 8 atom stereocenters. The molecule has 214 valence electrons. The van der Waals surface area contributed by atoms with Gasteiger partial charge in [-0.05, 0) is 129 Å². The van der Waals surface area contributed by atoms with E-state index < -0.39 is 5.41 Å². The molecule has 1 N–H and O–H groups in total. The smallest absolute Gasteiger partial charge is 0.233 e. The highest BCUT2D eigenvalue weighted by Crippen LogP contribution is 2.73. The van der Waals surface area contributed by atoms with Gasteiger partial charge in [-0.25, -0.2) is 0 Å². The summed E-state index contributed by atoms with van der Waals surface area (Å²) in [6.07, 6.45) is 8.75. The zero-order valence-corrected chi connectivity index (χ0v) is 26.0. The lowest BCUT2D eigenvalue weighted by atomic mass is 9.36. The molecular weight excluding hydrogens is 470 g/mol. The molecule has 0 bridgehead atoms. The molecular formula is C34H55NO3. The summed E-state index contributed by atoms with van der Waals surface area (Å²) in [7, 11) is 1.94. The van der Waals surface area contributed by atoms with Crippen LogP contribution >= 0.6 is 0 Å². The molecule has 4 heteroatoms. The van der Waals surface area contributed by atoms with Crippen LogP contribution in [0.1, 0.15) is 120 Å². The van der Waals surface area contributed by atoms with Gasteiger partial charge in [0.05, 0.1) is 11.5 Å². The zero-order valence-electron chi connectivity index (χ0n) is 26.0. The number of nitrogens with zero attached hydrogens (tertiary/aromatic N) is 1. The second kappa shape index (κ2) is 8.67. The molecule has 5 aliphatic carbocycles. The molecule has 0 saturated heterocycles. The Hall–Kier alpha value is -1.16. The molecule has 0 aromatic carbocycles. The van der Waals surface area contributed by atoms with Crippen LogP contribution in [0.25, 0.3) is 0 Å². The van der Waals surface area contributed by atoms with Crippen molar-refractivity contribution in [3.05, 3.63) is 11.1 Å². The number of aliphatic hydroxyl groups excluding tert-OH is 1. The predicted octanol–water partition coefficient (Wildman–Crippen LogP) is 7.19. The first-order chi connectivity index (χ1) is 17.4. The van der Waals surface area contributed by atoms with Crippen molar-refractivity contribution in [2.75, 3.05) is 7.05 Å². The minimum absolute atomic E-state index is 0.0396. The van der Waals surface area contributed by atoms with E-state index in [4.69, 9.17) is 0 Å². The van der Waals surface area contributed by atoms with Gasteiger partial charge in [0.15, 0.2) is 5.78 Å². The maximum atomic E-state index is 14.4. The van der Waals surface area contributed by atoms with Crippen LogP contribution in [0.15, 0.2) is 11.1 Å². The lowest BCUT2D eigenvalue weighted by molar-refractivity contribution is -0.203. The van der Waals surface area contributed by atoms with E-state index in [-0.39, 0.29) is 45.5 Å². The Morgan fingerprint density at radius 2 is 1.55 bits per heavy atom. The van der Waals surface area contributed by atoms with Crippen molar-refractivity contribution < 1.29 is 14.7 Å². The highest BCUT2D eigenvalue weighted by molar-refractivity contribution is 6.07. The summed E-state index contributed by atoms with van der Waals surface area (Å²) in [5.74, 6) is 2.63. The van der Waals surface area contributed by atoms with Crippen molar-refractivity contribution in [3.63, 3.8) is 0 Å². The first kappa shape index (κ1) is 28.4. The third-order valence-corrected chi connectivity index (χ3v) is 13.3. The normalized spacial score (nSPS) is 44.3. The van der Waals surface area contributed by atoms with Crippen LogP contribution in [0, 0.1) is 51.2 Å². The van der Waals surface area contributed by atoms with Gasteiger partial charge in [-0.3, -0.25) is 9.59 Å². The fourth-order valence-electron chi connectivity index (χ4n) is 11.2. The molecule has 1 amide bonds. The molecule has 0 aromatic heterocycles. The van der Waals surface area contributed by atoms with Gasteiger partial charge in [0.25, 0.3) is 0 Å². The van der Waals surface area contributed by atoms with E-state index in [2.05, 4.69) is 62.3 Å². The number of hydrogen-bond donors (Lipinski definition) is 1. The van der Waals surface area contributed by atoms with Crippen molar-refractivity contribution in [2.45, 2.75) is 132 Å². The highest BCUT2D eigenvalue weighted by Gasteiger charge is 2.67. The Bertz CT molecular complexity index is 1050. The van der Waals surface area contributed by atoms with Crippen LogP contribution in [0.3, 0.4) is 0 Å². The van der Waals surface area contributed by atoms with E-state index in [1.807, 2.05) is 11.9 Å². The summed E-state index contributed by atoms with van der Waals surface area (Å²) < 4.78 is 0. The molecule has 0 heterocycles. The molecule has 5 unspecified atom stereocenters. The van der Waals surface area contributed by atoms with Crippen LogP contribution in [0.4, 0.5) is 0 Å². The number of allylic oxidation sites excluding steroid dienone is 1. The Morgan fingerprint density at radius 3 is 2.16 bits per heavy atom. The number of Topliss-reactive ketones (excluding diaryl/α,β-unsaturated/α-hetero) is 1. The van der Waals surface area contributed by atoms with E-state index in [0.717, 1.165) is 37.7 Å². The summed E-state index contributed by atoms with van der Waals surface area (Å²) in [6, 6.07) is 0. The van der Waals surface area contributed by atoms with E-state index in [0.29, 0.717) is 30.1 Å². The first-order valence-electron chi connectivity index (χ1n) is 15.7. The molecule has 0 spiro atoms. The summed E-state index contributed by atoms with van der Waals surface area (Å²) in [6.45, 7) is 20.4. The molecule has 4 fully saturated rings. The van der Waals surface area contributed by atoms with Gasteiger partial charge in [-0.2, -0.15) is 0 Å². The molecule has 0 radical (unpaired) electrons. The fraction of sp³-hybridized carbons (Fsp3) is 0.882. The number of hydrogen-bond acceptors (Lipinski definition) is 3. The first-order valence-corrected chi connectivity index (χ1v) is 15.7. The maximum Gasteiger partial charge on any atom is 0.233 e. The third-order valence-electron chi connectivity index (χ3n) is 13.3. The topological polar surface area (TPSA) is 57.6 Å². The molecule has 5 aliphatic rings. The molecule has 0 aromatic rings. The minimum Gasteiger partial charge on any atom is -0.393 e. The quantitative estimate of drug-likeness (QED) is 0.415. The van der Waals surface area contributed by atoms with Gasteiger partial charge < -0.3 is 10.0 Å². The Balaban J connectivity index is 1.57. The molecule has 38 heavy (non-hydrogen) atoms. The van der Waals surface area contributed by atoms with Gasteiger partial charge in [0.1, 0.15) is 0 Å². The molecule has 4 saturated carbocycles. The summed E-state index contributed by atoms with van der Waals surface area (Å²) in [5, 5.41) is 11.0. The Labute approximate surface area is 232 Å². The summed E-state index contributed by atoms with van der Waals surface area (Å²) >= 11 is 0. The lowest BCUT2D eigenvalue weighted by Gasteiger charge is -2.68. The maximum absolute atomic E-state index is 14.4. The second-order valence-electron chi connectivity index (χ2n) is 16.6. The monoisotopic (exact) mass is 525 g/mol. The number of carbonyl (C=O) groups is 2. The van der Waals surface area contributed by atoms with E-state index in [9.17, 15) is 14.7 Å². The SMILES string of the molecule is CC(C)C1=C2C3CCC4[C@@](C)(CCC5C(C)(C)[C@@H](O)CC[C@@]54C)C3CCC2(C(=O)N(C)C(C)(C)C)CC1=O. The van der Waals surface area contributed by atoms with Crippen LogP contribution < -0.4 is 0 Å². The summed E-state index contributed by atoms with van der Waals surface area (Å²) in [4.78, 5) is 30.0. The Morgan fingerprint density at radius 1 is 0.921 bits per heavy atom. The van der Waals surface area contributed by atoms with E-state index >= 15 is 0 Å². The largest absolute Gasteiger partial charge is 0.393 e. The number of carbonyl (C=O) groups excluding carboxylic acids is 2. The summed E-state index contributed by atoms with van der Waals surface area (Å²) in [5.41, 5.74) is 1.78. The van der Waals surface area contributed by atoms with Crippen molar-refractivity contribution >= 4 is 11.7 Å². The molecule has 4 nitrogen and oxygen atoms in total. The van der Waals surface area contributed by atoms with Gasteiger partial charge in [-0.15, -0.1) is 0 Å². The van der Waals surface area contributed by atoms with Crippen molar-refractivity contribution in [1.29, 1.82) is 0 Å². The number of amides is 1. The third kappa shape index (κ3) is 3.63. The lowest BCUT2D eigenvalue weighted by Crippen LogP contribution is -2.63. The average Bonchev–Trinajstić information content (AvgIpc) is 3.13. The van der Waals surface area contributed by atoms with E-state index in [1.54, 1.807) is 0 Å². The van der Waals surface area contributed by atoms with Gasteiger partial charge >= 0.3 is 0 Å². The van der Waals surface area contributed by atoms with Crippen molar-refractivity contribution in [3.8, 4) is 0 Å². The molecule has 0 aliphatic heterocycles. The Kier molecular flexibility index (Phi) is 6.47. The minimum atomic E-state index is -0.638. The molecule has 5 rings (SSSR count). The van der Waals surface area contributed by atoms with Gasteiger partial charge in [-0.1, -0.05) is 41.5 Å². The van der Waals surface area contributed by atoms with E-state index in [1.165, 1.54) is 24.8 Å². The number of ketones is 1. The second-order valence-corrected chi connectivity index (χ2v) is 16.6. The van der Waals surface area contributed by atoms with Crippen molar-refractivity contribution in [2.24, 2.45) is 51.2 Å². The number of fused-ring (bicyclic) bond motifs is 7. The van der Waals surface area contributed by atoms with Crippen LogP contribution in [-0.2, 0) is 9.59 Å². The van der Waals surface area contributed by atoms with Crippen LogP contribution in [0.5, 0.6) is 0 Å². The average molecular weight is 526 g/mol. The van der Waals surface area contributed by atoms with Crippen LogP contribution in [0.2, 0.25) is 0 Å². The van der Waals surface area contributed by atoms with Gasteiger partial charge in [0.2, 0.25) is 5.91 Å². The van der Waals surface area contributed by atoms with Crippen molar-refractivity contribution in [1.82, 2.24) is 4.90 Å². The fourth-order valence-corrected chi connectivity index (χ4v) is 11.2. The van der Waals surface area contributed by atoms with Crippen LogP contribution in [-0.4, -0.2) is 40.4 Å². The number of rotatable bonds is 2. The zero-order chi connectivity index (χ0) is 28.2. The standard InChI is InChI=1S/C34H55NO3/c1-20(2)27-23(36)19-34(29(38)35(10)30(3,4)5)18-13-22-21(28(27)34)11-12-25-32(22,8)16-14-24-31(6,7)26(37)15-17-33(24,25)9/h20-22,24-26,37H,11-19H2,1-10H3/t21?,22?,24?,25?,26-,32-,33-,34?/m0/s1. The number of aliphatic hydroxyl groups is 1.